The van der Waals surface area contributed by atoms with Crippen molar-refractivity contribution in [1.29, 1.82) is 0 Å². The topological polar surface area (TPSA) is 66.8 Å². The monoisotopic (exact) mass is 358 g/mol. The summed E-state index contributed by atoms with van der Waals surface area (Å²) in [6.07, 6.45) is 6.79. The van der Waals surface area contributed by atoms with E-state index in [1.165, 1.54) is 5.57 Å². The first-order valence-corrected chi connectivity index (χ1v) is 10.4. The van der Waals surface area contributed by atoms with Crippen molar-refractivity contribution in [3.05, 3.63) is 11.6 Å². The number of rotatable bonds is 2. The highest BCUT2D eigenvalue weighted by Crippen LogP contribution is 2.63. The predicted molar refractivity (Wildman–Crippen MR) is 99.5 cm³/mol. The molecule has 4 rings (SSSR count). The highest BCUT2D eigenvalue weighted by atomic mass is 16.5. The fraction of sp³-hybridized carbons (Fsp3) is 0.857. The molecule has 3 saturated carbocycles. The summed E-state index contributed by atoms with van der Waals surface area (Å²) in [6.45, 7) is 4.15. The average molecular weight is 358 g/mol. The number of esters is 1. The van der Waals surface area contributed by atoms with Gasteiger partial charge in [-0.2, -0.15) is 0 Å². The minimum absolute atomic E-state index is 0.0797. The van der Waals surface area contributed by atoms with Crippen LogP contribution < -0.4 is 0 Å². The lowest BCUT2D eigenvalue weighted by atomic mass is 9.49. The Morgan fingerprint density at radius 3 is 2.81 bits per heavy atom. The summed E-state index contributed by atoms with van der Waals surface area (Å²) in [5, 5.41) is 21.1. The quantitative estimate of drug-likeness (QED) is 0.453. The molecule has 0 amide bonds. The van der Waals surface area contributed by atoms with Crippen LogP contribution in [0.3, 0.4) is 0 Å². The lowest BCUT2D eigenvalue weighted by Gasteiger charge is -2.57. The fourth-order valence-electron chi connectivity index (χ4n) is 6.78. The third-order valence-electron chi connectivity index (χ3n) is 8.04. The second kappa shape index (κ2) is 6.66. The van der Waals surface area contributed by atoms with E-state index in [9.17, 15) is 15.0 Å². The van der Waals surface area contributed by atoms with Crippen LogP contribution >= 0.6 is 0 Å². The smallest absolute Gasteiger partial charge is 0.305 e. The van der Waals surface area contributed by atoms with E-state index < -0.39 is 0 Å². The van der Waals surface area contributed by atoms with Crippen LogP contribution in [-0.2, 0) is 9.53 Å². The van der Waals surface area contributed by atoms with Gasteiger partial charge in [0, 0.05) is 6.42 Å². The Bertz CT molecular complexity index is 605. The summed E-state index contributed by atoms with van der Waals surface area (Å²) in [4.78, 5) is 11.8. The van der Waals surface area contributed by atoms with Crippen LogP contribution in [0.5, 0.6) is 0 Å². The van der Waals surface area contributed by atoms with Gasteiger partial charge >= 0.3 is 5.97 Å². The average Bonchev–Trinajstić information content (AvgIpc) is 2.92. The molecule has 3 unspecified atom stereocenters. The number of aliphatic hydroxyl groups excluding tert-OH is 2. The standard InChI is InChI=1S/C21H31BO4/c1-3-18(25)26-20-13-4-5-15-19(14(13)10-16(20)22)17(24)9-11-8-12(23)6-7-21(11,15)2/h8,12-17,19-20,23-24H,3-7,9-10H2,1-2H3/t12-,13-,14?,15?,16+,17-,19?,20+,21-/m0/s1. The fourth-order valence-corrected chi connectivity index (χ4v) is 6.78. The Balaban J connectivity index is 1.61. The molecule has 142 valence electrons. The Labute approximate surface area is 157 Å². The Kier molecular flexibility index (Phi) is 4.76. The summed E-state index contributed by atoms with van der Waals surface area (Å²) < 4.78 is 5.71. The van der Waals surface area contributed by atoms with Crippen molar-refractivity contribution in [3.8, 4) is 0 Å². The second-order valence-electron chi connectivity index (χ2n) is 9.28. The molecule has 0 aromatic carbocycles. The van der Waals surface area contributed by atoms with Gasteiger partial charge in [0.2, 0.25) is 0 Å². The first kappa shape index (κ1) is 18.6. The summed E-state index contributed by atoms with van der Waals surface area (Å²) in [5.74, 6) is 0.972. The van der Waals surface area contributed by atoms with Crippen LogP contribution in [0.15, 0.2) is 11.6 Å². The number of hydrogen-bond acceptors (Lipinski definition) is 4. The molecule has 2 N–H and O–H groups in total. The van der Waals surface area contributed by atoms with Crippen molar-refractivity contribution in [3.63, 3.8) is 0 Å². The molecule has 0 bridgehead atoms. The van der Waals surface area contributed by atoms with Crippen molar-refractivity contribution in [1.82, 2.24) is 0 Å². The number of carbonyl (C=O) groups is 1. The van der Waals surface area contributed by atoms with Crippen LogP contribution in [0.1, 0.15) is 58.8 Å². The highest BCUT2D eigenvalue weighted by molar-refractivity contribution is 6.12. The number of carbonyl (C=O) groups excluding carboxylic acids is 1. The molecule has 4 aliphatic rings. The first-order chi connectivity index (χ1) is 12.3. The number of hydrogen-bond donors (Lipinski definition) is 2. The van der Waals surface area contributed by atoms with E-state index in [0.29, 0.717) is 24.7 Å². The largest absolute Gasteiger partial charge is 0.463 e. The molecular weight excluding hydrogens is 327 g/mol. The van der Waals surface area contributed by atoms with E-state index in [4.69, 9.17) is 12.6 Å². The van der Waals surface area contributed by atoms with Gasteiger partial charge in [-0.3, -0.25) is 4.79 Å². The van der Waals surface area contributed by atoms with Gasteiger partial charge in [0.25, 0.3) is 0 Å². The molecule has 0 aromatic heterocycles. The van der Waals surface area contributed by atoms with E-state index in [0.717, 1.165) is 32.1 Å². The van der Waals surface area contributed by atoms with E-state index in [1.54, 1.807) is 0 Å². The van der Waals surface area contributed by atoms with Gasteiger partial charge in [0.1, 0.15) is 0 Å². The molecule has 9 atom stereocenters. The minimum atomic E-state index is -0.384. The lowest BCUT2D eigenvalue weighted by Crippen LogP contribution is -2.53. The van der Waals surface area contributed by atoms with Crippen molar-refractivity contribution in [2.45, 2.75) is 82.9 Å². The zero-order chi connectivity index (χ0) is 18.6. The van der Waals surface area contributed by atoms with Crippen LogP contribution in [0, 0.1) is 29.1 Å². The molecule has 3 fully saturated rings. The van der Waals surface area contributed by atoms with Crippen molar-refractivity contribution in [2.75, 3.05) is 0 Å². The summed E-state index contributed by atoms with van der Waals surface area (Å²) in [6, 6.07) is 0. The molecule has 4 aliphatic carbocycles. The molecule has 0 aromatic rings. The molecule has 5 heteroatoms. The molecule has 0 saturated heterocycles. The van der Waals surface area contributed by atoms with E-state index in [2.05, 4.69) is 6.92 Å². The molecular formula is C21H31BO4. The van der Waals surface area contributed by atoms with Crippen LogP contribution in [-0.4, -0.2) is 42.3 Å². The van der Waals surface area contributed by atoms with Gasteiger partial charge < -0.3 is 14.9 Å². The van der Waals surface area contributed by atoms with Crippen LogP contribution in [0.25, 0.3) is 0 Å². The zero-order valence-corrected chi connectivity index (χ0v) is 15.9. The zero-order valence-electron chi connectivity index (χ0n) is 15.9. The van der Waals surface area contributed by atoms with Crippen LogP contribution in [0.2, 0.25) is 5.82 Å². The number of ether oxygens (including phenoxy) is 1. The van der Waals surface area contributed by atoms with Crippen molar-refractivity contribution >= 4 is 13.8 Å². The minimum Gasteiger partial charge on any atom is -0.463 e. The Morgan fingerprint density at radius 2 is 2.08 bits per heavy atom. The van der Waals surface area contributed by atoms with Gasteiger partial charge in [-0.25, -0.2) is 0 Å². The SMILES string of the molecule is [B][C@@H]1CC2C3C(CC[C@@H]2[C@H]1OC(=O)CC)[C@@]1(C)CC[C@H](O)C=C1C[C@@H]3O. The maximum Gasteiger partial charge on any atom is 0.305 e. The van der Waals surface area contributed by atoms with Crippen molar-refractivity contribution < 1.29 is 19.7 Å². The second-order valence-corrected chi connectivity index (χ2v) is 9.28. The highest BCUT2D eigenvalue weighted by Gasteiger charge is 2.59. The normalized spacial score (nSPS) is 50.2. The van der Waals surface area contributed by atoms with Crippen molar-refractivity contribution in [2.24, 2.45) is 29.1 Å². The maximum absolute atomic E-state index is 11.8. The van der Waals surface area contributed by atoms with Gasteiger partial charge in [0.05, 0.1) is 26.2 Å². The molecule has 0 heterocycles. The molecule has 0 spiro atoms. The molecule has 4 nitrogen and oxygen atoms in total. The van der Waals surface area contributed by atoms with Gasteiger partial charge in [-0.05, 0) is 67.0 Å². The number of aliphatic hydroxyl groups is 2. The third-order valence-corrected chi connectivity index (χ3v) is 8.04. The summed E-state index contributed by atoms with van der Waals surface area (Å²) in [5.41, 5.74) is 1.33. The van der Waals surface area contributed by atoms with Crippen LogP contribution in [0.4, 0.5) is 0 Å². The molecule has 0 aliphatic heterocycles. The number of fused-ring (bicyclic) bond motifs is 5. The molecule has 26 heavy (non-hydrogen) atoms. The predicted octanol–water partition coefficient (Wildman–Crippen LogP) is 2.78. The van der Waals surface area contributed by atoms with Gasteiger partial charge in [-0.15, -0.1) is 0 Å². The van der Waals surface area contributed by atoms with E-state index in [1.807, 2.05) is 13.0 Å². The Morgan fingerprint density at radius 1 is 1.31 bits per heavy atom. The third kappa shape index (κ3) is 2.77. The Hall–Kier alpha value is -0.805. The van der Waals surface area contributed by atoms with E-state index >= 15 is 0 Å². The lowest BCUT2D eigenvalue weighted by molar-refractivity contribution is -0.153. The summed E-state index contributed by atoms with van der Waals surface area (Å²) in [7, 11) is 6.39. The summed E-state index contributed by atoms with van der Waals surface area (Å²) >= 11 is 0. The maximum atomic E-state index is 11.8. The van der Waals surface area contributed by atoms with Gasteiger partial charge in [0.15, 0.2) is 0 Å². The van der Waals surface area contributed by atoms with Gasteiger partial charge in [-0.1, -0.05) is 31.9 Å². The van der Waals surface area contributed by atoms with E-state index in [-0.39, 0.29) is 47.3 Å². The first-order valence-electron chi connectivity index (χ1n) is 10.4. The molecule has 2 radical (unpaired) electrons.